The van der Waals surface area contributed by atoms with Crippen molar-refractivity contribution < 1.29 is 17.0 Å². The monoisotopic (exact) mass is 301 g/mol. The Bertz CT molecular complexity index is 630. The lowest BCUT2D eigenvalue weighted by molar-refractivity contribution is -0.686. The molecule has 0 amide bonds. The fraction of sp³-hybridized carbons (Fsp3) is 0.0833. The highest BCUT2D eigenvalue weighted by atomic mass is 35.5. The summed E-state index contributed by atoms with van der Waals surface area (Å²) < 4.78 is 4.37. The van der Waals surface area contributed by atoms with Crippen molar-refractivity contribution in [2.24, 2.45) is 0 Å². The van der Waals surface area contributed by atoms with Gasteiger partial charge in [0.25, 0.3) is 0 Å². The van der Waals surface area contributed by atoms with Gasteiger partial charge in [0.05, 0.1) is 13.9 Å². The Morgan fingerprint density at radius 3 is 2.82 bits per heavy atom. The average molecular weight is 302 g/mol. The molecule has 0 spiro atoms. The van der Waals surface area contributed by atoms with E-state index in [9.17, 15) is 0 Å². The van der Waals surface area contributed by atoms with Crippen LogP contribution in [0.3, 0.4) is 0 Å². The third-order valence-electron chi connectivity index (χ3n) is 2.42. The summed E-state index contributed by atoms with van der Waals surface area (Å²) in [5.74, 6) is 0. The van der Waals surface area contributed by atoms with Gasteiger partial charge in [-0.15, -0.1) is 22.7 Å². The van der Waals surface area contributed by atoms with Crippen molar-refractivity contribution in [3.8, 4) is 0 Å². The van der Waals surface area contributed by atoms with Gasteiger partial charge in [-0.05, 0) is 23.6 Å². The Morgan fingerprint density at radius 1 is 1.18 bits per heavy atom. The molecule has 5 heteroatoms. The molecule has 3 aromatic heterocycles. The molecule has 0 aliphatic rings. The molecule has 3 rings (SSSR count). The molecule has 1 nitrogen and oxygen atoms in total. The van der Waals surface area contributed by atoms with Crippen LogP contribution in [0.2, 0.25) is 4.34 Å². The summed E-state index contributed by atoms with van der Waals surface area (Å²) in [6.45, 7) is 0.894. The lowest BCUT2D eigenvalue weighted by Crippen LogP contribution is -3.00. The first-order valence-electron chi connectivity index (χ1n) is 4.92. The zero-order chi connectivity index (χ0) is 11.0. The van der Waals surface area contributed by atoms with E-state index in [1.54, 1.807) is 22.7 Å². The first kappa shape index (κ1) is 12.8. The number of fused-ring (bicyclic) bond motifs is 1. The SMILES string of the molecule is Clc1ccc(C[n+]2ccc3ccsc3c2)s1.[Cl-]. The van der Waals surface area contributed by atoms with Crippen LogP contribution in [-0.4, -0.2) is 0 Å². The molecule has 3 aromatic rings. The number of pyridine rings is 1. The largest absolute Gasteiger partial charge is 1.00 e. The van der Waals surface area contributed by atoms with Crippen molar-refractivity contribution in [1.82, 2.24) is 0 Å². The lowest BCUT2D eigenvalue weighted by Gasteiger charge is -1.94. The molecule has 0 radical (unpaired) electrons. The third kappa shape index (κ3) is 2.80. The minimum atomic E-state index is 0. The zero-order valence-corrected chi connectivity index (χ0v) is 11.9. The topological polar surface area (TPSA) is 3.88 Å². The molecule has 17 heavy (non-hydrogen) atoms. The number of aromatic nitrogens is 1. The molecule has 0 aliphatic carbocycles. The van der Waals surface area contributed by atoms with Crippen LogP contribution in [0.15, 0.2) is 42.0 Å². The van der Waals surface area contributed by atoms with E-state index in [0.29, 0.717) is 0 Å². The minimum absolute atomic E-state index is 0. The van der Waals surface area contributed by atoms with Crippen molar-refractivity contribution in [2.45, 2.75) is 6.54 Å². The summed E-state index contributed by atoms with van der Waals surface area (Å²) in [7, 11) is 0. The number of halogens is 2. The van der Waals surface area contributed by atoms with E-state index in [-0.39, 0.29) is 12.4 Å². The molecule has 0 atom stereocenters. The number of nitrogens with zero attached hydrogens (tertiary/aromatic N) is 1. The molecule has 0 aliphatic heterocycles. The molecule has 0 N–H and O–H groups in total. The van der Waals surface area contributed by atoms with Gasteiger partial charge in [0.2, 0.25) is 0 Å². The van der Waals surface area contributed by atoms with Crippen molar-refractivity contribution in [1.29, 1.82) is 0 Å². The van der Waals surface area contributed by atoms with Crippen LogP contribution in [0, 0.1) is 0 Å². The second kappa shape index (κ2) is 5.36. The van der Waals surface area contributed by atoms with Gasteiger partial charge < -0.3 is 12.4 Å². The summed E-state index contributed by atoms with van der Waals surface area (Å²) in [6.07, 6.45) is 4.30. The van der Waals surface area contributed by atoms with Crippen LogP contribution in [0.1, 0.15) is 4.88 Å². The van der Waals surface area contributed by atoms with Gasteiger partial charge in [0.15, 0.2) is 18.9 Å². The van der Waals surface area contributed by atoms with Gasteiger partial charge >= 0.3 is 0 Å². The first-order valence-corrected chi connectivity index (χ1v) is 6.99. The third-order valence-corrected chi connectivity index (χ3v) is 4.51. The fourth-order valence-electron chi connectivity index (χ4n) is 1.66. The second-order valence-corrected chi connectivity index (χ2v) is 6.31. The molecular formula is C12H9Cl2NS2. The van der Waals surface area contributed by atoms with E-state index in [1.807, 2.05) is 6.07 Å². The average Bonchev–Trinajstić information content (AvgIpc) is 2.87. The number of rotatable bonds is 2. The van der Waals surface area contributed by atoms with E-state index >= 15 is 0 Å². The minimum Gasteiger partial charge on any atom is -1.00 e. The summed E-state index contributed by atoms with van der Waals surface area (Å²) in [6, 6.07) is 8.33. The van der Waals surface area contributed by atoms with Gasteiger partial charge in [0.1, 0.15) is 0 Å². The van der Waals surface area contributed by atoms with Crippen LogP contribution in [-0.2, 0) is 6.54 Å². The molecule has 0 unspecified atom stereocenters. The van der Waals surface area contributed by atoms with Gasteiger partial charge in [-0.25, -0.2) is 0 Å². The Kier molecular flexibility index (Phi) is 4.05. The number of hydrogen-bond acceptors (Lipinski definition) is 2. The van der Waals surface area contributed by atoms with Gasteiger partial charge in [0, 0.05) is 11.5 Å². The van der Waals surface area contributed by atoms with Gasteiger partial charge in [-0.3, -0.25) is 0 Å². The molecule has 88 valence electrons. The molecule has 0 bridgehead atoms. The highest BCUT2D eigenvalue weighted by molar-refractivity contribution is 7.17. The molecule has 3 heterocycles. The summed E-state index contributed by atoms with van der Waals surface area (Å²) in [5.41, 5.74) is 0. The predicted octanol–water partition coefficient (Wildman–Crippen LogP) is 0.956. The van der Waals surface area contributed by atoms with Crippen molar-refractivity contribution in [3.63, 3.8) is 0 Å². The fourth-order valence-corrected chi connectivity index (χ4v) is 3.58. The maximum absolute atomic E-state index is 5.92. The smallest absolute Gasteiger partial charge is 0.187 e. The second-order valence-electron chi connectivity index (χ2n) is 3.56. The molecule has 0 saturated heterocycles. The molecule has 0 saturated carbocycles. The Morgan fingerprint density at radius 2 is 2.06 bits per heavy atom. The Balaban J connectivity index is 0.00000108. The highest BCUT2D eigenvalue weighted by Gasteiger charge is 2.07. The predicted molar refractivity (Wildman–Crippen MR) is 70.5 cm³/mol. The lowest BCUT2D eigenvalue weighted by atomic mass is 10.3. The van der Waals surface area contributed by atoms with Gasteiger partial charge in [-0.2, -0.15) is 4.57 Å². The summed E-state index contributed by atoms with van der Waals surface area (Å²) in [4.78, 5) is 1.28. The van der Waals surface area contributed by atoms with Crippen molar-refractivity contribution in [3.05, 3.63) is 51.3 Å². The normalized spacial score (nSPS) is 10.4. The first-order chi connectivity index (χ1) is 7.81. The Labute approximate surface area is 119 Å². The highest BCUT2D eigenvalue weighted by Crippen LogP contribution is 2.22. The maximum Gasteiger partial charge on any atom is 0.187 e. The standard InChI is InChI=1S/C12H9ClNS2.ClH/c13-12-2-1-10(16-12)7-14-5-3-9-4-6-15-11(9)8-14;/h1-6,8H,7H2;1H/q+1;/p-1. The molecule has 0 aromatic carbocycles. The summed E-state index contributed by atoms with van der Waals surface area (Å²) >= 11 is 9.33. The van der Waals surface area contributed by atoms with Gasteiger partial charge in [-0.1, -0.05) is 11.6 Å². The van der Waals surface area contributed by atoms with E-state index in [2.05, 4.69) is 40.5 Å². The number of hydrogen-bond donors (Lipinski definition) is 0. The van der Waals surface area contributed by atoms with Crippen LogP contribution < -0.4 is 17.0 Å². The Hall–Kier alpha value is -0.610. The van der Waals surface area contributed by atoms with Crippen LogP contribution >= 0.6 is 34.3 Å². The quantitative estimate of drug-likeness (QED) is 0.621. The van der Waals surface area contributed by atoms with Crippen LogP contribution in [0.25, 0.3) is 10.1 Å². The van der Waals surface area contributed by atoms with Crippen LogP contribution in [0.5, 0.6) is 0 Å². The van der Waals surface area contributed by atoms with Crippen molar-refractivity contribution in [2.75, 3.05) is 0 Å². The maximum atomic E-state index is 5.92. The number of thiophene rings is 2. The van der Waals surface area contributed by atoms with E-state index in [0.717, 1.165) is 10.9 Å². The molecule has 0 fully saturated rings. The van der Waals surface area contributed by atoms with Crippen molar-refractivity contribution >= 4 is 44.4 Å². The molecular weight excluding hydrogens is 293 g/mol. The van der Waals surface area contributed by atoms with E-state index < -0.39 is 0 Å². The zero-order valence-electron chi connectivity index (χ0n) is 8.77. The van der Waals surface area contributed by atoms with Crippen LogP contribution in [0.4, 0.5) is 0 Å². The summed E-state index contributed by atoms with van der Waals surface area (Å²) in [5, 5.41) is 3.43. The van der Waals surface area contributed by atoms with E-state index in [1.165, 1.54) is 15.0 Å². The van der Waals surface area contributed by atoms with E-state index in [4.69, 9.17) is 11.6 Å².